The number of para-hydroxylation sites is 1. The van der Waals surface area contributed by atoms with Gasteiger partial charge in [0.15, 0.2) is 0 Å². The Bertz CT molecular complexity index is 1050. The van der Waals surface area contributed by atoms with Gasteiger partial charge in [-0.3, -0.25) is 14.3 Å². The van der Waals surface area contributed by atoms with Crippen molar-refractivity contribution in [3.05, 3.63) is 56.6 Å². The number of anilines is 1. The maximum atomic E-state index is 12.5. The summed E-state index contributed by atoms with van der Waals surface area (Å²) in [5.41, 5.74) is 2.21. The van der Waals surface area contributed by atoms with Crippen LogP contribution in [0.1, 0.15) is 31.7 Å². The Morgan fingerprint density at radius 3 is 2.78 bits per heavy atom. The van der Waals surface area contributed by atoms with E-state index in [1.807, 2.05) is 22.8 Å². The molecule has 0 unspecified atom stereocenters. The number of benzene rings is 1. The van der Waals surface area contributed by atoms with Gasteiger partial charge in [-0.2, -0.15) is 0 Å². The van der Waals surface area contributed by atoms with Gasteiger partial charge in [0.1, 0.15) is 0 Å². The van der Waals surface area contributed by atoms with Crippen LogP contribution in [-0.4, -0.2) is 20.4 Å². The van der Waals surface area contributed by atoms with E-state index in [9.17, 15) is 9.59 Å². The van der Waals surface area contributed by atoms with Gasteiger partial charge in [0.25, 0.3) is 0 Å². The molecule has 27 heavy (non-hydrogen) atoms. The van der Waals surface area contributed by atoms with Crippen molar-refractivity contribution < 1.29 is 4.79 Å². The van der Waals surface area contributed by atoms with Crippen molar-refractivity contribution in [2.45, 2.75) is 31.7 Å². The molecule has 0 saturated heterocycles. The van der Waals surface area contributed by atoms with Crippen LogP contribution in [0, 0.1) is 5.92 Å². The molecule has 2 N–H and O–H groups in total. The number of fused-ring (bicyclic) bond motifs is 1. The molecule has 1 saturated carbocycles. The highest BCUT2D eigenvalue weighted by Gasteiger charge is 2.29. The van der Waals surface area contributed by atoms with Crippen molar-refractivity contribution >= 4 is 50.2 Å². The summed E-state index contributed by atoms with van der Waals surface area (Å²) in [6.07, 6.45) is 6.14. The molecule has 1 amide bonds. The minimum atomic E-state index is -0.102. The third-order valence-corrected chi connectivity index (χ3v) is 5.97. The first-order valence-electron chi connectivity index (χ1n) is 8.83. The fourth-order valence-electron chi connectivity index (χ4n) is 3.80. The summed E-state index contributed by atoms with van der Waals surface area (Å²) in [5.74, 6) is -0.0978. The lowest BCUT2D eigenvalue weighted by Crippen LogP contribution is -2.31. The number of nitrogens with one attached hydrogen (secondary N) is 2. The van der Waals surface area contributed by atoms with E-state index in [4.69, 9.17) is 11.6 Å². The van der Waals surface area contributed by atoms with Crippen molar-refractivity contribution in [1.29, 1.82) is 0 Å². The number of nitrogens with zero attached hydrogens (tertiary/aromatic N) is 2. The van der Waals surface area contributed by atoms with Crippen LogP contribution in [0.5, 0.6) is 0 Å². The molecule has 0 bridgehead atoms. The van der Waals surface area contributed by atoms with Crippen LogP contribution in [0.4, 0.5) is 5.69 Å². The average molecular weight is 450 g/mol. The summed E-state index contributed by atoms with van der Waals surface area (Å²) in [5, 5.41) is 3.37. The molecule has 1 fully saturated rings. The van der Waals surface area contributed by atoms with Crippen molar-refractivity contribution in [1.82, 2.24) is 14.5 Å². The number of carbonyl (C=O) groups excluding carboxylic acids is 1. The predicted molar refractivity (Wildman–Crippen MR) is 109 cm³/mol. The number of rotatable bonds is 3. The molecule has 0 spiro atoms. The zero-order valence-corrected chi connectivity index (χ0v) is 16.8. The number of hydrogen-bond donors (Lipinski definition) is 2. The normalized spacial score (nSPS) is 19.9. The molecule has 140 valence electrons. The van der Waals surface area contributed by atoms with Gasteiger partial charge >= 0.3 is 5.69 Å². The summed E-state index contributed by atoms with van der Waals surface area (Å²) >= 11 is 9.39. The number of carbonyl (C=O) groups is 1. The molecule has 6 nitrogen and oxygen atoms in total. The first-order valence-corrected chi connectivity index (χ1v) is 10.00. The molecule has 0 atom stereocenters. The van der Waals surface area contributed by atoms with Crippen LogP contribution in [0.15, 0.2) is 45.9 Å². The number of imidazole rings is 1. The average Bonchev–Trinajstić information content (AvgIpc) is 2.99. The lowest BCUT2D eigenvalue weighted by atomic mass is 9.85. The van der Waals surface area contributed by atoms with Crippen LogP contribution in [0.3, 0.4) is 0 Å². The molecule has 2 heterocycles. The maximum Gasteiger partial charge on any atom is 0.326 e. The Labute approximate surface area is 169 Å². The van der Waals surface area contributed by atoms with E-state index in [1.165, 1.54) is 6.20 Å². The number of hydrogen-bond acceptors (Lipinski definition) is 3. The smallest absolute Gasteiger partial charge is 0.324 e. The molecule has 0 radical (unpaired) electrons. The Hall–Kier alpha value is -2.12. The number of amides is 1. The fourth-order valence-corrected chi connectivity index (χ4v) is 4.43. The molecule has 3 aromatic rings. The Balaban J connectivity index is 1.46. The minimum absolute atomic E-state index is 0.0217. The van der Waals surface area contributed by atoms with Crippen LogP contribution in [0.2, 0.25) is 5.02 Å². The number of H-pyrrole nitrogens is 1. The molecule has 4 rings (SSSR count). The van der Waals surface area contributed by atoms with Gasteiger partial charge in [-0.15, -0.1) is 0 Å². The van der Waals surface area contributed by atoms with Gasteiger partial charge in [-0.25, -0.2) is 4.79 Å². The quantitative estimate of drug-likeness (QED) is 0.617. The zero-order chi connectivity index (χ0) is 19.0. The molecule has 0 aliphatic heterocycles. The number of halogens is 2. The van der Waals surface area contributed by atoms with E-state index in [-0.39, 0.29) is 23.6 Å². The maximum absolute atomic E-state index is 12.5. The summed E-state index contributed by atoms with van der Waals surface area (Å²) < 4.78 is 2.70. The Morgan fingerprint density at radius 1 is 1.26 bits per heavy atom. The summed E-state index contributed by atoms with van der Waals surface area (Å²) in [6, 6.07) is 7.56. The van der Waals surface area contributed by atoms with Gasteiger partial charge in [0, 0.05) is 22.6 Å². The molecule has 1 aromatic carbocycles. The highest BCUT2D eigenvalue weighted by Crippen LogP contribution is 2.34. The second-order valence-electron chi connectivity index (χ2n) is 6.82. The van der Waals surface area contributed by atoms with E-state index < -0.39 is 0 Å². The number of aromatic amines is 1. The van der Waals surface area contributed by atoms with E-state index in [2.05, 4.69) is 31.2 Å². The fraction of sp³-hybridized carbons (Fsp3) is 0.316. The number of pyridine rings is 1. The van der Waals surface area contributed by atoms with Crippen LogP contribution in [0.25, 0.3) is 11.0 Å². The lowest BCUT2D eigenvalue weighted by molar-refractivity contribution is -0.121. The van der Waals surface area contributed by atoms with Gasteiger partial charge in [-0.1, -0.05) is 17.7 Å². The summed E-state index contributed by atoms with van der Waals surface area (Å²) in [6.45, 7) is 0. The molecule has 2 aromatic heterocycles. The first kappa shape index (κ1) is 18.3. The summed E-state index contributed by atoms with van der Waals surface area (Å²) in [4.78, 5) is 31.9. The van der Waals surface area contributed by atoms with E-state index in [0.717, 1.165) is 41.2 Å². The Kier molecular flexibility index (Phi) is 5.06. The minimum Gasteiger partial charge on any atom is -0.324 e. The van der Waals surface area contributed by atoms with Gasteiger partial charge in [0.2, 0.25) is 5.91 Å². The molecule has 8 heteroatoms. The Morgan fingerprint density at radius 2 is 2.04 bits per heavy atom. The standard InChI is InChI=1S/C19H18BrClN4O2/c20-15-2-1-3-16-17(15)24-19(27)25(16)14-6-4-11(5-7-14)18(26)23-13-8-12(21)9-22-10-13/h1-3,8-11,14H,4-7H2,(H,23,26)(H,24,27)/t11-,14+. The van der Waals surface area contributed by atoms with Crippen molar-refractivity contribution in [2.24, 2.45) is 5.92 Å². The molecular formula is C19H18BrClN4O2. The van der Waals surface area contributed by atoms with Crippen molar-refractivity contribution in [3.8, 4) is 0 Å². The zero-order valence-electron chi connectivity index (χ0n) is 14.4. The molecule has 1 aliphatic carbocycles. The largest absolute Gasteiger partial charge is 0.326 e. The van der Waals surface area contributed by atoms with Crippen molar-refractivity contribution in [2.75, 3.05) is 5.32 Å². The number of aromatic nitrogens is 3. The molecule has 1 aliphatic rings. The van der Waals surface area contributed by atoms with Gasteiger partial charge in [0.05, 0.1) is 27.9 Å². The van der Waals surface area contributed by atoms with Crippen LogP contribution < -0.4 is 11.0 Å². The predicted octanol–water partition coefficient (Wildman–Crippen LogP) is 4.51. The highest BCUT2D eigenvalue weighted by molar-refractivity contribution is 9.10. The second kappa shape index (κ2) is 7.48. The van der Waals surface area contributed by atoms with Crippen LogP contribution >= 0.6 is 27.5 Å². The highest BCUT2D eigenvalue weighted by atomic mass is 79.9. The monoisotopic (exact) mass is 448 g/mol. The van der Waals surface area contributed by atoms with Gasteiger partial charge < -0.3 is 10.3 Å². The molecular weight excluding hydrogens is 432 g/mol. The topological polar surface area (TPSA) is 79.8 Å². The van der Waals surface area contributed by atoms with Gasteiger partial charge in [-0.05, 0) is 59.8 Å². The third kappa shape index (κ3) is 3.66. The SMILES string of the molecule is O=c1[nH]c2c(Br)cccc2n1[C@H]1CC[C@@H](C(=O)Nc2cncc(Cl)c2)CC1. The third-order valence-electron chi connectivity index (χ3n) is 5.11. The van der Waals surface area contributed by atoms with E-state index in [1.54, 1.807) is 12.3 Å². The van der Waals surface area contributed by atoms with Crippen molar-refractivity contribution in [3.63, 3.8) is 0 Å². The summed E-state index contributed by atoms with van der Waals surface area (Å²) in [7, 11) is 0. The lowest BCUT2D eigenvalue weighted by Gasteiger charge is -2.28. The van der Waals surface area contributed by atoms with Crippen LogP contribution in [-0.2, 0) is 4.79 Å². The van der Waals surface area contributed by atoms with E-state index in [0.29, 0.717) is 10.7 Å². The van der Waals surface area contributed by atoms with E-state index >= 15 is 0 Å². The second-order valence-corrected chi connectivity index (χ2v) is 8.11. The first-order chi connectivity index (χ1) is 13.0.